The number of nitrogens with one attached hydrogen (secondary N) is 1. The van der Waals surface area contributed by atoms with Crippen molar-refractivity contribution in [3.8, 4) is 0 Å². The Bertz CT molecular complexity index is 594. The fraction of sp³-hybridized carbons (Fsp3) is 0.412. The molecule has 0 spiro atoms. The third-order valence-electron chi connectivity index (χ3n) is 3.86. The molecule has 0 unspecified atom stereocenters. The van der Waals surface area contributed by atoms with Gasteiger partial charge in [0.2, 0.25) is 0 Å². The van der Waals surface area contributed by atoms with E-state index in [0.717, 1.165) is 56.4 Å². The second kappa shape index (κ2) is 7.92. The van der Waals surface area contributed by atoms with Crippen LogP contribution in [0.25, 0.3) is 0 Å². The van der Waals surface area contributed by atoms with Crippen LogP contribution in [0.1, 0.15) is 16.9 Å². The van der Waals surface area contributed by atoms with Gasteiger partial charge in [-0.05, 0) is 39.2 Å². The molecule has 2 heterocycles. The summed E-state index contributed by atoms with van der Waals surface area (Å²) in [5, 5.41) is 3.45. The topological polar surface area (TPSA) is 37.6 Å². The molecule has 3 rings (SSSR count). The predicted molar refractivity (Wildman–Crippen MR) is 89.5 cm³/mol. The van der Waals surface area contributed by atoms with Crippen LogP contribution in [0, 0.1) is 0 Å². The zero-order chi connectivity index (χ0) is 15.2. The maximum absolute atomic E-state index is 5.51. The second-order valence-electron chi connectivity index (χ2n) is 5.47. The molecule has 0 saturated carbocycles. The van der Waals surface area contributed by atoms with Crippen LogP contribution >= 0.6 is 15.9 Å². The molecule has 1 N–H and O–H groups in total. The van der Waals surface area contributed by atoms with E-state index in [-0.39, 0.29) is 0 Å². The minimum Gasteiger partial charge on any atom is -0.453 e. The number of rotatable bonds is 6. The van der Waals surface area contributed by atoms with E-state index >= 15 is 0 Å². The highest BCUT2D eigenvalue weighted by Crippen LogP contribution is 2.15. The SMILES string of the molecule is Brc1ccc(CNCc2ccccc2CN2CCOCC2)o1. The van der Waals surface area contributed by atoms with Crippen molar-refractivity contribution in [3.05, 3.63) is 58.0 Å². The van der Waals surface area contributed by atoms with E-state index in [1.54, 1.807) is 0 Å². The lowest BCUT2D eigenvalue weighted by atomic mass is 10.1. The van der Waals surface area contributed by atoms with Crippen LogP contribution in [-0.4, -0.2) is 31.2 Å². The van der Waals surface area contributed by atoms with E-state index < -0.39 is 0 Å². The Balaban J connectivity index is 1.56. The number of morpholine rings is 1. The second-order valence-corrected chi connectivity index (χ2v) is 6.25. The summed E-state index contributed by atoms with van der Waals surface area (Å²) in [5.41, 5.74) is 2.73. The van der Waals surface area contributed by atoms with E-state index in [9.17, 15) is 0 Å². The van der Waals surface area contributed by atoms with Crippen molar-refractivity contribution in [2.45, 2.75) is 19.6 Å². The first-order valence-corrected chi connectivity index (χ1v) is 8.42. The Kier molecular flexibility index (Phi) is 5.67. The minimum atomic E-state index is 0.734. The summed E-state index contributed by atoms with van der Waals surface area (Å²) < 4.78 is 11.7. The molecule has 0 bridgehead atoms. The van der Waals surface area contributed by atoms with Crippen LogP contribution in [0.15, 0.2) is 45.5 Å². The van der Waals surface area contributed by atoms with Gasteiger partial charge in [-0.1, -0.05) is 24.3 Å². The summed E-state index contributed by atoms with van der Waals surface area (Å²) in [4.78, 5) is 2.45. The number of benzene rings is 1. The van der Waals surface area contributed by atoms with Gasteiger partial charge >= 0.3 is 0 Å². The summed E-state index contributed by atoms with van der Waals surface area (Å²) in [6, 6.07) is 12.5. The van der Waals surface area contributed by atoms with E-state index in [4.69, 9.17) is 9.15 Å². The van der Waals surface area contributed by atoms with Crippen molar-refractivity contribution in [3.63, 3.8) is 0 Å². The summed E-state index contributed by atoms with van der Waals surface area (Å²) in [6.07, 6.45) is 0. The molecule has 0 amide bonds. The van der Waals surface area contributed by atoms with Gasteiger partial charge in [-0.3, -0.25) is 4.90 Å². The zero-order valence-corrected chi connectivity index (χ0v) is 14.1. The standard InChI is InChI=1S/C17H21BrN2O2/c18-17-6-5-16(22-17)12-19-11-14-3-1-2-4-15(14)13-20-7-9-21-10-8-20/h1-6,19H,7-13H2. The van der Waals surface area contributed by atoms with E-state index in [1.165, 1.54) is 11.1 Å². The summed E-state index contributed by atoms with van der Waals surface area (Å²) in [5.74, 6) is 0.942. The molecule has 1 aliphatic rings. The van der Waals surface area contributed by atoms with Crippen molar-refractivity contribution < 1.29 is 9.15 Å². The number of halogens is 1. The van der Waals surface area contributed by atoms with Crippen molar-refractivity contribution >= 4 is 15.9 Å². The third-order valence-corrected chi connectivity index (χ3v) is 4.29. The van der Waals surface area contributed by atoms with Gasteiger partial charge in [0, 0.05) is 26.2 Å². The Hall–Kier alpha value is -1.14. The van der Waals surface area contributed by atoms with Gasteiger partial charge < -0.3 is 14.5 Å². The van der Waals surface area contributed by atoms with Crippen LogP contribution in [-0.2, 0) is 24.4 Å². The number of furan rings is 1. The van der Waals surface area contributed by atoms with Crippen LogP contribution in [0.3, 0.4) is 0 Å². The highest BCUT2D eigenvalue weighted by molar-refractivity contribution is 9.10. The molecule has 22 heavy (non-hydrogen) atoms. The third kappa shape index (κ3) is 4.43. The Morgan fingerprint density at radius 2 is 1.77 bits per heavy atom. The van der Waals surface area contributed by atoms with Crippen molar-refractivity contribution in [1.82, 2.24) is 10.2 Å². The maximum atomic E-state index is 5.51. The summed E-state index contributed by atoms with van der Waals surface area (Å²) in [7, 11) is 0. The quantitative estimate of drug-likeness (QED) is 0.854. The van der Waals surface area contributed by atoms with Crippen molar-refractivity contribution in [2.75, 3.05) is 26.3 Å². The molecule has 1 fully saturated rings. The minimum absolute atomic E-state index is 0.734. The van der Waals surface area contributed by atoms with Gasteiger partial charge in [-0.25, -0.2) is 0 Å². The molecule has 1 saturated heterocycles. The molecule has 118 valence electrons. The average Bonchev–Trinajstić information content (AvgIpc) is 2.95. The number of nitrogens with zero attached hydrogens (tertiary/aromatic N) is 1. The predicted octanol–water partition coefficient (Wildman–Crippen LogP) is 3.16. The van der Waals surface area contributed by atoms with Gasteiger partial charge in [0.05, 0.1) is 19.8 Å². The fourth-order valence-electron chi connectivity index (χ4n) is 2.65. The molecular weight excluding hydrogens is 344 g/mol. The number of hydrogen-bond donors (Lipinski definition) is 1. The Morgan fingerprint density at radius 1 is 1.00 bits per heavy atom. The van der Waals surface area contributed by atoms with Crippen molar-refractivity contribution in [2.24, 2.45) is 0 Å². The molecule has 1 aromatic carbocycles. The Morgan fingerprint density at radius 3 is 2.50 bits per heavy atom. The molecule has 2 aromatic rings. The lowest BCUT2D eigenvalue weighted by molar-refractivity contribution is 0.0340. The van der Waals surface area contributed by atoms with Gasteiger partial charge in [-0.15, -0.1) is 0 Å². The molecule has 0 aliphatic carbocycles. The molecule has 0 atom stereocenters. The fourth-order valence-corrected chi connectivity index (χ4v) is 2.99. The first-order chi connectivity index (χ1) is 10.8. The molecule has 5 heteroatoms. The molecule has 4 nitrogen and oxygen atoms in total. The number of hydrogen-bond acceptors (Lipinski definition) is 4. The zero-order valence-electron chi connectivity index (χ0n) is 12.6. The van der Waals surface area contributed by atoms with Gasteiger partial charge in [0.25, 0.3) is 0 Å². The first-order valence-electron chi connectivity index (χ1n) is 7.63. The monoisotopic (exact) mass is 364 g/mol. The molecule has 1 aliphatic heterocycles. The summed E-state index contributed by atoms with van der Waals surface area (Å²) >= 11 is 3.33. The smallest absolute Gasteiger partial charge is 0.169 e. The Labute approximate surface area is 139 Å². The maximum Gasteiger partial charge on any atom is 0.169 e. The number of ether oxygens (including phenoxy) is 1. The van der Waals surface area contributed by atoms with Gasteiger partial charge in [0.1, 0.15) is 5.76 Å². The molecule has 1 aromatic heterocycles. The normalized spacial score (nSPS) is 16.0. The largest absolute Gasteiger partial charge is 0.453 e. The van der Waals surface area contributed by atoms with Gasteiger partial charge in [-0.2, -0.15) is 0 Å². The first kappa shape index (κ1) is 15.7. The van der Waals surface area contributed by atoms with E-state index in [1.807, 2.05) is 12.1 Å². The average molecular weight is 365 g/mol. The lowest BCUT2D eigenvalue weighted by Gasteiger charge is -2.27. The van der Waals surface area contributed by atoms with Gasteiger partial charge in [0.15, 0.2) is 4.67 Å². The van der Waals surface area contributed by atoms with Crippen LogP contribution < -0.4 is 5.32 Å². The molecule has 0 radical (unpaired) electrons. The lowest BCUT2D eigenvalue weighted by Crippen LogP contribution is -2.36. The van der Waals surface area contributed by atoms with E-state index in [0.29, 0.717) is 0 Å². The van der Waals surface area contributed by atoms with Crippen LogP contribution in [0.4, 0.5) is 0 Å². The van der Waals surface area contributed by atoms with Crippen LogP contribution in [0.5, 0.6) is 0 Å². The summed E-state index contributed by atoms with van der Waals surface area (Å²) in [6.45, 7) is 6.29. The highest BCUT2D eigenvalue weighted by atomic mass is 79.9. The van der Waals surface area contributed by atoms with E-state index in [2.05, 4.69) is 50.4 Å². The van der Waals surface area contributed by atoms with Crippen LogP contribution in [0.2, 0.25) is 0 Å². The van der Waals surface area contributed by atoms with Crippen molar-refractivity contribution in [1.29, 1.82) is 0 Å². The molecular formula is C17H21BrN2O2. The highest BCUT2D eigenvalue weighted by Gasteiger charge is 2.12.